The maximum absolute atomic E-state index is 10.4. The summed E-state index contributed by atoms with van der Waals surface area (Å²) in [5.74, 6) is -0.212. The quantitative estimate of drug-likeness (QED) is 0.852. The van der Waals surface area contributed by atoms with Crippen LogP contribution in [0.2, 0.25) is 0 Å². The van der Waals surface area contributed by atoms with Crippen molar-refractivity contribution in [2.24, 2.45) is 0 Å². The number of hydrogen-bond donors (Lipinski definition) is 1. The number of benzene rings is 1. The highest BCUT2D eigenvalue weighted by Crippen LogP contribution is 2.43. The Bertz CT molecular complexity index is 717. The lowest BCUT2D eigenvalue weighted by Crippen LogP contribution is -2.31. The molecule has 8 heteroatoms. The molecule has 23 heavy (non-hydrogen) atoms. The molecule has 2 fully saturated rings. The van der Waals surface area contributed by atoms with Gasteiger partial charge < -0.3 is 23.7 Å². The lowest BCUT2D eigenvalue weighted by molar-refractivity contribution is -0.218. The SMILES string of the molecule is CC1(C)O[C@H]2OC(c3nnc(-c4ccc(Br)cc4)o3)[C@H](O)[C@H]2O1. The third-order valence-corrected chi connectivity index (χ3v) is 4.32. The summed E-state index contributed by atoms with van der Waals surface area (Å²) in [5.41, 5.74) is 0.785. The largest absolute Gasteiger partial charge is 0.418 e. The molecule has 4 rings (SSSR count). The molecule has 7 nitrogen and oxygen atoms in total. The highest BCUT2D eigenvalue weighted by molar-refractivity contribution is 9.10. The van der Waals surface area contributed by atoms with E-state index in [1.54, 1.807) is 13.8 Å². The highest BCUT2D eigenvalue weighted by atomic mass is 79.9. The number of hydrogen-bond acceptors (Lipinski definition) is 7. The maximum Gasteiger partial charge on any atom is 0.248 e. The molecular weight excluding hydrogens is 368 g/mol. The van der Waals surface area contributed by atoms with E-state index < -0.39 is 30.4 Å². The first kappa shape index (κ1) is 15.2. The van der Waals surface area contributed by atoms with E-state index in [2.05, 4.69) is 26.1 Å². The van der Waals surface area contributed by atoms with Crippen molar-refractivity contribution in [2.45, 2.75) is 44.2 Å². The van der Waals surface area contributed by atoms with Crippen LogP contribution in [0.3, 0.4) is 0 Å². The van der Waals surface area contributed by atoms with Crippen LogP contribution in [0.15, 0.2) is 33.2 Å². The smallest absolute Gasteiger partial charge is 0.248 e. The summed E-state index contributed by atoms with van der Waals surface area (Å²) in [7, 11) is 0. The van der Waals surface area contributed by atoms with Crippen molar-refractivity contribution in [1.82, 2.24) is 10.2 Å². The Balaban J connectivity index is 1.55. The molecule has 1 aromatic carbocycles. The lowest BCUT2D eigenvalue weighted by Gasteiger charge is -2.21. The number of fused-ring (bicyclic) bond motifs is 1. The van der Waals surface area contributed by atoms with Crippen LogP contribution in [0.1, 0.15) is 25.8 Å². The van der Waals surface area contributed by atoms with E-state index in [1.807, 2.05) is 24.3 Å². The Labute approximate surface area is 140 Å². The van der Waals surface area contributed by atoms with E-state index in [1.165, 1.54) is 0 Å². The molecule has 0 spiro atoms. The lowest BCUT2D eigenvalue weighted by atomic mass is 10.1. The minimum atomic E-state index is -0.931. The summed E-state index contributed by atoms with van der Waals surface area (Å²) in [6.45, 7) is 3.55. The van der Waals surface area contributed by atoms with Crippen molar-refractivity contribution in [2.75, 3.05) is 0 Å². The predicted molar refractivity (Wildman–Crippen MR) is 81.1 cm³/mol. The van der Waals surface area contributed by atoms with Gasteiger partial charge in [-0.2, -0.15) is 0 Å². The first-order chi connectivity index (χ1) is 10.9. The van der Waals surface area contributed by atoms with Gasteiger partial charge in [-0.3, -0.25) is 0 Å². The van der Waals surface area contributed by atoms with Crippen LogP contribution in [0, 0.1) is 0 Å². The van der Waals surface area contributed by atoms with E-state index in [9.17, 15) is 5.11 Å². The molecule has 3 heterocycles. The standard InChI is InChI=1S/C15H15BrN2O5/c1-15(2)22-11-9(19)10(20-14(11)23-15)13-18-17-12(21-13)7-3-5-8(16)6-4-7/h3-6,9-11,14,19H,1-2H3/t9-,10?,11+,14+/m0/s1. The molecule has 2 saturated heterocycles. The van der Waals surface area contributed by atoms with Gasteiger partial charge in [-0.05, 0) is 38.1 Å². The minimum absolute atomic E-state index is 0.204. The number of nitrogens with zero attached hydrogens (tertiary/aromatic N) is 2. The molecule has 0 saturated carbocycles. The van der Waals surface area contributed by atoms with Gasteiger partial charge >= 0.3 is 0 Å². The van der Waals surface area contributed by atoms with Crippen molar-refractivity contribution in [3.8, 4) is 11.5 Å². The number of aliphatic hydroxyl groups is 1. The molecule has 1 aromatic heterocycles. The molecule has 0 amide bonds. The second-order valence-electron chi connectivity index (χ2n) is 5.97. The van der Waals surface area contributed by atoms with Crippen LogP contribution in [-0.4, -0.2) is 39.6 Å². The van der Waals surface area contributed by atoms with E-state index in [0.29, 0.717) is 5.89 Å². The molecule has 4 atom stereocenters. The first-order valence-electron chi connectivity index (χ1n) is 7.21. The number of halogens is 1. The van der Waals surface area contributed by atoms with Gasteiger partial charge in [0.2, 0.25) is 11.8 Å². The summed E-state index contributed by atoms with van der Waals surface area (Å²) in [5, 5.41) is 18.4. The number of ether oxygens (including phenoxy) is 3. The van der Waals surface area contributed by atoms with Gasteiger partial charge in [-0.25, -0.2) is 0 Å². The van der Waals surface area contributed by atoms with Crippen LogP contribution < -0.4 is 0 Å². The predicted octanol–water partition coefficient (Wildman–Crippen LogP) is 2.41. The molecule has 0 bridgehead atoms. The van der Waals surface area contributed by atoms with Crippen LogP contribution in [0.5, 0.6) is 0 Å². The Kier molecular flexibility index (Phi) is 3.54. The zero-order valence-corrected chi connectivity index (χ0v) is 14.1. The van der Waals surface area contributed by atoms with Crippen molar-refractivity contribution < 1.29 is 23.7 Å². The first-order valence-corrected chi connectivity index (χ1v) is 8.01. The van der Waals surface area contributed by atoms with Gasteiger partial charge in [0.1, 0.15) is 12.2 Å². The monoisotopic (exact) mass is 382 g/mol. The summed E-state index contributed by atoms with van der Waals surface area (Å²) in [6, 6.07) is 7.48. The summed E-state index contributed by atoms with van der Waals surface area (Å²) in [4.78, 5) is 0. The highest BCUT2D eigenvalue weighted by Gasteiger charge is 2.56. The van der Waals surface area contributed by atoms with E-state index in [0.717, 1.165) is 10.0 Å². The molecular formula is C15H15BrN2O5. The average molecular weight is 383 g/mol. The second-order valence-corrected chi connectivity index (χ2v) is 6.88. The molecule has 122 valence electrons. The molecule has 2 aliphatic heterocycles. The molecule has 0 aliphatic carbocycles. The van der Waals surface area contributed by atoms with E-state index in [4.69, 9.17) is 18.6 Å². The third kappa shape index (κ3) is 2.70. The topological polar surface area (TPSA) is 86.8 Å². The Morgan fingerprint density at radius 1 is 1.13 bits per heavy atom. The van der Waals surface area contributed by atoms with Crippen LogP contribution in [0.4, 0.5) is 0 Å². The fraction of sp³-hybridized carbons (Fsp3) is 0.467. The summed E-state index contributed by atoms with van der Waals surface area (Å²) >= 11 is 3.37. The molecule has 1 N–H and O–H groups in total. The average Bonchev–Trinajstić information content (AvgIpc) is 3.15. The van der Waals surface area contributed by atoms with Crippen LogP contribution >= 0.6 is 15.9 Å². The van der Waals surface area contributed by atoms with Crippen molar-refractivity contribution in [3.63, 3.8) is 0 Å². The van der Waals surface area contributed by atoms with Crippen LogP contribution in [-0.2, 0) is 14.2 Å². The van der Waals surface area contributed by atoms with Crippen LogP contribution in [0.25, 0.3) is 11.5 Å². The molecule has 0 radical (unpaired) electrons. The fourth-order valence-electron chi connectivity index (χ4n) is 2.75. The second kappa shape index (κ2) is 5.35. The van der Waals surface area contributed by atoms with Gasteiger partial charge in [0, 0.05) is 10.0 Å². The zero-order chi connectivity index (χ0) is 16.2. The van der Waals surface area contributed by atoms with Crippen molar-refractivity contribution in [1.29, 1.82) is 0 Å². The summed E-state index contributed by atoms with van der Waals surface area (Å²) in [6.07, 6.45) is -2.91. The van der Waals surface area contributed by atoms with Gasteiger partial charge in [0.15, 0.2) is 18.2 Å². The van der Waals surface area contributed by atoms with E-state index >= 15 is 0 Å². The van der Waals surface area contributed by atoms with Gasteiger partial charge in [-0.1, -0.05) is 15.9 Å². The number of rotatable bonds is 2. The van der Waals surface area contributed by atoms with Gasteiger partial charge in [0.25, 0.3) is 0 Å². The Morgan fingerprint density at radius 2 is 1.87 bits per heavy atom. The fourth-order valence-corrected chi connectivity index (χ4v) is 3.02. The van der Waals surface area contributed by atoms with Crippen molar-refractivity contribution in [3.05, 3.63) is 34.6 Å². The minimum Gasteiger partial charge on any atom is -0.418 e. The zero-order valence-electron chi connectivity index (χ0n) is 12.5. The molecule has 2 aliphatic rings. The number of aromatic nitrogens is 2. The molecule has 1 unspecified atom stereocenters. The Morgan fingerprint density at radius 3 is 2.57 bits per heavy atom. The summed E-state index contributed by atoms with van der Waals surface area (Å²) < 4.78 is 23.5. The van der Waals surface area contributed by atoms with Gasteiger partial charge in [-0.15, -0.1) is 10.2 Å². The number of aliphatic hydroxyl groups excluding tert-OH is 1. The third-order valence-electron chi connectivity index (χ3n) is 3.79. The van der Waals surface area contributed by atoms with Crippen molar-refractivity contribution >= 4 is 15.9 Å². The Hall–Kier alpha value is -1.32. The van der Waals surface area contributed by atoms with E-state index in [-0.39, 0.29) is 5.89 Å². The van der Waals surface area contributed by atoms with Gasteiger partial charge in [0.05, 0.1) is 0 Å². The maximum atomic E-state index is 10.4. The normalized spacial score (nSPS) is 32.2. The molecule has 2 aromatic rings.